The van der Waals surface area contributed by atoms with Gasteiger partial charge in [0.25, 0.3) is 0 Å². The molecule has 2 heterocycles. The highest BCUT2D eigenvalue weighted by Crippen LogP contribution is 2.50. The second-order valence-electron chi connectivity index (χ2n) is 15.7. The Morgan fingerprint density at radius 3 is 1.13 bits per heavy atom. The van der Waals surface area contributed by atoms with Crippen molar-refractivity contribution < 1.29 is 0 Å². The van der Waals surface area contributed by atoms with Crippen molar-refractivity contribution in [2.24, 2.45) is 0 Å². The van der Waals surface area contributed by atoms with Crippen LogP contribution in [0.3, 0.4) is 0 Å². The predicted molar refractivity (Wildman–Crippen MR) is 257 cm³/mol. The van der Waals surface area contributed by atoms with Gasteiger partial charge in [0.2, 0.25) is 0 Å². The molecular weight excluding hydrogens is 725 g/mol. The molecule has 0 fully saturated rings. The molecule has 2 heteroatoms. The summed E-state index contributed by atoms with van der Waals surface area (Å²) in [6.07, 6.45) is 8.96. The first-order valence-electron chi connectivity index (χ1n) is 20.7. The average Bonchev–Trinajstić information content (AvgIpc) is 3.59. The Hall–Kier alpha value is -7.94. The van der Waals surface area contributed by atoms with Gasteiger partial charge in [-0.05, 0) is 131 Å². The van der Waals surface area contributed by atoms with E-state index in [2.05, 4.69) is 240 Å². The molecule has 10 aromatic rings. The molecule has 2 aliphatic heterocycles. The van der Waals surface area contributed by atoms with Crippen LogP contribution in [-0.4, -0.2) is 0 Å². The zero-order valence-corrected chi connectivity index (χ0v) is 32.8. The molecule has 0 aromatic heterocycles. The molecule has 0 saturated carbocycles. The standard InChI is InChI=1S/C58H38N2/c1-2-19-44(20-3-1)57-49-34-32-48(60-55-24-12-8-17-42(55)29-30-43-18-9-13-25-56(43)60)38-52(49)58(46-31-26-39-14-4-5-21-45(39)36-46)50-35-33-47(37-51(50)57)59-53-22-10-6-15-40(53)27-28-41-16-7-11-23-54(41)59/h1-38H. The van der Waals surface area contributed by atoms with Crippen molar-refractivity contribution in [3.05, 3.63) is 229 Å². The maximum atomic E-state index is 2.44. The van der Waals surface area contributed by atoms with Crippen molar-refractivity contribution >= 4 is 90.7 Å². The molecule has 0 bridgehead atoms. The molecule has 0 atom stereocenters. The SMILES string of the molecule is C1=Cc2ccccc2N(c2ccc3c(-c4ccc5ccccc5c4)c4cc(N5c6ccccc6C=Cc6ccccc65)ccc4c(-c4ccccc4)c3c2)c2ccccc21. The van der Waals surface area contributed by atoms with Crippen LogP contribution in [0.2, 0.25) is 0 Å². The van der Waals surface area contributed by atoms with E-state index in [1.165, 1.54) is 76.8 Å². The van der Waals surface area contributed by atoms with Gasteiger partial charge in [0.15, 0.2) is 0 Å². The molecule has 0 unspecified atom stereocenters. The first kappa shape index (κ1) is 34.1. The molecule has 0 saturated heterocycles. The Morgan fingerprint density at radius 2 is 0.650 bits per heavy atom. The maximum absolute atomic E-state index is 2.44. The second kappa shape index (κ2) is 13.9. The van der Waals surface area contributed by atoms with Crippen LogP contribution in [0.15, 0.2) is 206 Å². The smallest absolute Gasteiger partial charge is 0.0534 e. The third-order valence-electron chi connectivity index (χ3n) is 12.3. The monoisotopic (exact) mass is 762 g/mol. The van der Waals surface area contributed by atoms with E-state index in [9.17, 15) is 0 Å². The van der Waals surface area contributed by atoms with Gasteiger partial charge in [0.05, 0.1) is 22.7 Å². The van der Waals surface area contributed by atoms with Gasteiger partial charge < -0.3 is 9.80 Å². The van der Waals surface area contributed by atoms with Crippen LogP contribution in [0.4, 0.5) is 34.1 Å². The van der Waals surface area contributed by atoms with Crippen LogP contribution in [0.5, 0.6) is 0 Å². The summed E-state index contributed by atoms with van der Waals surface area (Å²) >= 11 is 0. The minimum atomic E-state index is 1.12. The first-order chi connectivity index (χ1) is 29.8. The first-order valence-corrected chi connectivity index (χ1v) is 20.7. The van der Waals surface area contributed by atoms with Crippen molar-refractivity contribution in [2.45, 2.75) is 0 Å². The lowest BCUT2D eigenvalue weighted by molar-refractivity contribution is 1.28. The minimum absolute atomic E-state index is 1.12. The Morgan fingerprint density at radius 1 is 0.250 bits per heavy atom. The predicted octanol–water partition coefficient (Wildman–Crippen LogP) is 16.4. The lowest BCUT2D eigenvalue weighted by Crippen LogP contribution is -2.12. The highest BCUT2D eigenvalue weighted by Gasteiger charge is 2.25. The lowest BCUT2D eigenvalue weighted by atomic mass is 9.85. The summed E-state index contributed by atoms with van der Waals surface area (Å²) < 4.78 is 0. The van der Waals surface area contributed by atoms with Crippen molar-refractivity contribution in [1.82, 2.24) is 0 Å². The Balaban J connectivity index is 1.19. The van der Waals surface area contributed by atoms with Gasteiger partial charge in [-0.15, -0.1) is 0 Å². The van der Waals surface area contributed by atoms with Gasteiger partial charge >= 0.3 is 0 Å². The van der Waals surface area contributed by atoms with Crippen LogP contribution in [-0.2, 0) is 0 Å². The number of hydrogen-bond donors (Lipinski definition) is 0. The molecule has 2 nitrogen and oxygen atoms in total. The summed E-state index contributed by atoms with van der Waals surface area (Å²) in [5.74, 6) is 0. The van der Waals surface area contributed by atoms with Crippen molar-refractivity contribution in [3.63, 3.8) is 0 Å². The Kier molecular flexibility index (Phi) is 7.89. The normalized spacial score (nSPS) is 12.8. The Bertz CT molecular complexity index is 3290. The molecular formula is C58H38N2. The van der Waals surface area contributed by atoms with Gasteiger partial charge in [0.1, 0.15) is 0 Å². The van der Waals surface area contributed by atoms with Crippen molar-refractivity contribution in [2.75, 3.05) is 9.80 Å². The van der Waals surface area contributed by atoms with Crippen LogP contribution in [0, 0.1) is 0 Å². The van der Waals surface area contributed by atoms with Crippen LogP contribution in [0.1, 0.15) is 22.3 Å². The van der Waals surface area contributed by atoms with Crippen molar-refractivity contribution in [3.8, 4) is 22.3 Å². The minimum Gasteiger partial charge on any atom is -0.309 e. The quantitative estimate of drug-likeness (QED) is 0.165. The molecule has 280 valence electrons. The molecule has 0 N–H and O–H groups in total. The zero-order valence-electron chi connectivity index (χ0n) is 32.8. The largest absolute Gasteiger partial charge is 0.309 e. The summed E-state index contributed by atoms with van der Waals surface area (Å²) in [5.41, 5.74) is 16.5. The second-order valence-corrected chi connectivity index (χ2v) is 15.7. The fraction of sp³-hybridized carbons (Fsp3) is 0. The van der Waals surface area contributed by atoms with E-state index >= 15 is 0 Å². The molecule has 12 rings (SSSR count). The van der Waals surface area contributed by atoms with E-state index in [-0.39, 0.29) is 0 Å². The van der Waals surface area contributed by atoms with Crippen LogP contribution < -0.4 is 9.80 Å². The molecule has 60 heavy (non-hydrogen) atoms. The van der Waals surface area contributed by atoms with E-state index in [0.717, 1.165) is 34.1 Å². The fourth-order valence-corrected chi connectivity index (χ4v) is 9.56. The van der Waals surface area contributed by atoms with E-state index in [1.807, 2.05) is 0 Å². The molecule has 0 amide bonds. The van der Waals surface area contributed by atoms with Crippen LogP contribution >= 0.6 is 0 Å². The molecule has 0 aliphatic carbocycles. The number of anilines is 6. The fourth-order valence-electron chi connectivity index (χ4n) is 9.56. The van der Waals surface area contributed by atoms with Gasteiger partial charge in [-0.2, -0.15) is 0 Å². The number of fused-ring (bicyclic) bond motifs is 7. The number of rotatable bonds is 4. The summed E-state index contributed by atoms with van der Waals surface area (Å²) in [5, 5.41) is 7.31. The number of nitrogens with zero attached hydrogens (tertiary/aromatic N) is 2. The van der Waals surface area contributed by atoms with Crippen LogP contribution in [0.25, 0.3) is 78.9 Å². The van der Waals surface area contributed by atoms with E-state index in [4.69, 9.17) is 0 Å². The highest BCUT2D eigenvalue weighted by atomic mass is 15.2. The van der Waals surface area contributed by atoms with E-state index in [1.54, 1.807) is 0 Å². The summed E-state index contributed by atoms with van der Waals surface area (Å²) in [4.78, 5) is 4.87. The topological polar surface area (TPSA) is 6.48 Å². The lowest BCUT2D eigenvalue weighted by Gasteiger charge is -2.29. The van der Waals surface area contributed by atoms with E-state index < -0.39 is 0 Å². The number of hydrogen-bond acceptors (Lipinski definition) is 2. The van der Waals surface area contributed by atoms with Crippen molar-refractivity contribution in [1.29, 1.82) is 0 Å². The van der Waals surface area contributed by atoms with E-state index in [0.29, 0.717) is 0 Å². The number of para-hydroxylation sites is 4. The summed E-state index contributed by atoms with van der Waals surface area (Å²) in [6, 6.07) is 75.7. The number of benzene rings is 10. The van der Waals surface area contributed by atoms with Gasteiger partial charge in [-0.25, -0.2) is 0 Å². The summed E-state index contributed by atoms with van der Waals surface area (Å²) in [7, 11) is 0. The zero-order chi connectivity index (χ0) is 39.6. The van der Waals surface area contributed by atoms with Gasteiger partial charge in [0, 0.05) is 11.4 Å². The van der Waals surface area contributed by atoms with Gasteiger partial charge in [-0.1, -0.05) is 176 Å². The third kappa shape index (κ3) is 5.50. The third-order valence-corrected chi connectivity index (χ3v) is 12.3. The highest BCUT2D eigenvalue weighted by molar-refractivity contribution is 6.23. The molecule has 2 aliphatic rings. The Labute approximate surface area is 349 Å². The van der Waals surface area contributed by atoms with Gasteiger partial charge in [-0.3, -0.25) is 0 Å². The molecule has 0 spiro atoms. The summed E-state index contributed by atoms with van der Waals surface area (Å²) in [6.45, 7) is 0. The molecule has 0 radical (unpaired) electrons. The maximum Gasteiger partial charge on any atom is 0.0534 e. The molecule has 10 aromatic carbocycles. The average molecular weight is 763 g/mol.